The SMILES string of the molecule is COC(=O)CN(CC(=O)OC)C(=O)CCc1c(-c2ccc(OC)cc2)[nH]c2ccccc12. The van der Waals surface area contributed by atoms with Crippen LogP contribution in [0, 0.1) is 0 Å². The highest BCUT2D eigenvalue weighted by Gasteiger charge is 2.22. The zero-order chi connectivity index (χ0) is 23.1. The first-order valence-corrected chi connectivity index (χ1v) is 10.1. The predicted octanol–water partition coefficient (Wildman–Crippen LogP) is 2.95. The number of aryl methyl sites for hydroxylation is 1. The molecule has 0 radical (unpaired) electrons. The number of nitrogens with one attached hydrogen (secondary N) is 1. The van der Waals surface area contributed by atoms with Crippen molar-refractivity contribution < 1.29 is 28.6 Å². The van der Waals surface area contributed by atoms with E-state index >= 15 is 0 Å². The van der Waals surface area contributed by atoms with Gasteiger partial charge in [-0.25, -0.2) is 0 Å². The van der Waals surface area contributed by atoms with E-state index in [2.05, 4.69) is 14.5 Å². The fourth-order valence-electron chi connectivity index (χ4n) is 3.53. The van der Waals surface area contributed by atoms with Gasteiger partial charge in [-0.15, -0.1) is 0 Å². The van der Waals surface area contributed by atoms with Crippen LogP contribution in [0.25, 0.3) is 22.2 Å². The second-order valence-corrected chi connectivity index (χ2v) is 7.15. The first-order valence-electron chi connectivity index (χ1n) is 10.1. The number of methoxy groups -OCH3 is 3. The van der Waals surface area contributed by atoms with E-state index in [4.69, 9.17) is 4.74 Å². The first-order chi connectivity index (χ1) is 15.5. The third-order valence-electron chi connectivity index (χ3n) is 5.23. The van der Waals surface area contributed by atoms with Crippen molar-refractivity contribution in [1.82, 2.24) is 9.88 Å². The number of nitrogens with zero attached hydrogens (tertiary/aromatic N) is 1. The summed E-state index contributed by atoms with van der Waals surface area (Å²) in [6.07, 6.45) is 0.530. The van der Waals surface area contributed by atoms with Gasteiger partial charge in [-0.1, -0.05) is 18.2 Å². The minimum Gasteiger partial charge on any atom is -0.497 e. The molecule has 0 aliphatic rings. The lowest BCUT2D eigenvalue weighted by molar-refractivity contribution is -0.152. The summed E-state index contributed by atoms with van der Waals surface area (Å²) in [6, 6.07) is 15.5. The van der Waals surface area contributed by atoms with Crippen molar-refractivity contribution in [3.05, 3.63) is 54.1 Å². The van der Waals surface area contributed by atoms with Crippen molar-refractivity contribution in [2.24, 2.45) is 0 Å². The third-order valence-corrected chi connectivity index (χ3v) is 5.23. The van der Waals surface area contributed by atoms with Gasteiger partial charge in [0.25, 0.3) is 0 Å². The molecule has 0 aliphatic heterocycles. The molecule has 1 amide bonds. The summed E-state index contributed by atoms with van der Waals surface area (Å²) in [5.41, 5.74) is 3.82. The van der Waals surface area contributed by atoms with Crippen LogP contribution in [0.1, 0.15) is 12.0 Å². The Kier molecular flexibility index (Phi) is 7.49. The lowest BCUT2D eigenvalue weighted by Gasteiger charge is -2.20. The van der Waals surface area contributed by atoms with Crippen LogP contribution in [0.5, 0.6) is 5.75 Å². The van der Waals surface area contributed by atoms with E-state index < -0.39 is 11.9 Å². The maximum absolute atomic E-state index is 12.9. The Hall–Kier alpha value is -3.81. The topological polar surface area (TPSA) is 97.9 Å². The van der Waals surface area contributed by atoms with Gasteiger partial charge < -0.3 is 24.1 Å². The maximum Gasteiger partial charge on any atom is 0.325 e. The molecule has 8 heteroatoms. The Labute approximate surface area is 186 Å². The van der Waals surface area contributed by atoms with Gasteiger partial charge in [0.05, 0.1) is 21.3 Å². The minimum absolute atomic E-state index is 0.110. The molecular formula is C24H26N2O6. The molecule has 2 aromatic carbocycles. The van der Waals surface area contributed by atoms with E-state index in [1.165, 1.54) is 14.2 Å². The lowest BCUT2D eigenvalue weighted by atomic mass is 10.0. The monoisotopic (exact) mass is 438 g/mol. The highest BCUT2D eigenvalue weighted by Crippen LogP contribution is 2.32. The van der Waals surface area contributed by atoms with E-state index in [9.17, 15) is 14.4 Å². The van der Waals surface area contributed by atoms with Crippen molar-refractivity contribution in [2.45, 2.75) is 12.8 Å². The van der Waals surface area contributed by atoms with Gasteiger partial charge in [0, 0.05) is 23.0 Å². The molecule has 0 fully saturated rings. The molecule has 0 saturated heterocycles. The molecule has 8 nitrogen and oxygen atoms in total. The van der Waals surface area contributed by atoms with E-state index in [0.29, 0.717) is 6.42 Å². The molecule has 0 spiro atoms. The van der Waals surface area contributed by atoms with Gasteiger partial charge in [0.15, 0.2) is 0 Å². The van der Waals surface area contributed by atoms with Crippen molar-refractivity contribution >= 4 is 28.7 Å². The summed E-state index contributed by atoms with van der Waals surface area (Å²) < 4.78 is 14.5. The number of hydrogen-bond acceptors (Lipinski definition) is 6. The smallest absolute Gasteiger partial charge is 0.325 e. The van der Waals surface area contributed by atoms with Crippen LogP contribution in [0.3, 0.4) is 0 Å². The Morgan fingerprint density at radius 3 is 2.09 bits per heavy atom. The Morgan fingerprint density at radius 1 is 0.875 bits per heavy atom. The maximum atomic E-state index is 12.9. The third kappa shape index (κ3) is 5.26. The molecule has 3 aromatic rings. The number of para-hydroxylation sites is 1. The number of ether oxygens (including phenoxy) is 3. The number of rotatable bonds is 9. The van der Waals surface area contributed by atoms with Gasteiger partial charge in [-0.05, 0) is 47.9 Å². The standard InChI is InChI=1S/C24H26N2O6/c1-30-17-10-8-16(9-11-17)24-19(18-6-4-5-7-20(18)25-24)12-13-21(27)26(14-22(28)31-2)15-23(29)32-3/h4-11,25H,12-15H2,1-3H3. The normalized spacial score (nSPS) is 10.6. The van der Waals surface area contributed by atoms with Crippen LogP contribution in [-0.2, 0) is 30.3 Å². The van der Waals surface area contributed by atoms with Crippen molar-refractivity contribution in [3.8, 4) is 17.0 Å². The van der Waals surface area contributed by atoms with Crippen molar-refractivity contribution in [1.29, 1.82) is 0 Å². The van der Waals surface area contributed by atoms with Gasteiger partial charge >= 0.3 is 11.9 Å². The largest absolute Gasteiger partial charge is 0.497 e. The van der Waals surface area contributed by atoms with Crippen LogP contribution in [-0.4, -0.2) is 62.1 Å². The average molecular weight is 438 g/mol. The number of fused-ring (bicyclic) bond motifs is 1. The van der Waals surface area contributed by atoms with Crippen molar-refractivity contribution in [3.63, 3.8) is 0 Å². The van der Waals surface area contributed by atoms with Crippen LogP contribution in [0.2, 0.25) is 0 Å². The Balaban J connectivity index is 1.87. The highest BCUT2D eigenvalue weighted by molar-refractivity contribution is 5.92. The molecule has 0 aliphatic carbocycles. The zero-order valence-corrected chi connectivity index (χ0v) is 18.3. The fraction of sp³-hybridized carbons (Fsp3) is 0.292. The molecule has 1 N–H and O–H groups in total. The summed E-state index contributed by atoms with van der Waals surface area (Å²) in [7, 11) is 4.08. The Bertz CT molecular complexity index is 1090. The lowest BCUT2D eigenvalue weighted by Crippen LogP contribution is -2.40. The van der Waals surface area contributed by atoms with E-state index in [0.717, 1.165) is 38.4 Å². The summed E-state index contributed by atoms with van der Waals surface area (Å²) in [5.74, 6) is -0.795. The van der Waals surface area contributed by atoms with Gasteiger partial charge in [0.2, 0.25) is 5.91 Å². The molecule has 0 atom stereocenters. The first kappa shape index (κ1) is 22.9. The molecule has 32 heavy (non-hydrogen) atoms. The van der Waals surface area contributed by atoms with Crippen LogP contribution in [0.4, 0.5) is 0 Å². The number of benzene rings is 2. The summed E-state index contributed by atoms with van der Waals surface area (Å²) in [5, 5.41) is 1.01. The molecule has 0 bridgehead atoms. The van der Waals surface area contributed by atoms with Gasteiger partial charge in [-0.2, -0.15) is 0 Å². The average Bonchev–Trinajstić information content (AvgIpc) is 3.20. The highest BCUT2D eigenvalue weighted by atomic mass is 16.5. The second-order valence-electron chi connectivity index (χ2n) is 7.15. The molecule has 1 aromatic heterocycles. The Morgan fingerprint density at radius 2 is 1.50 bits per heavy atom. The van der Waals surface area contributed by atoms with E-state index in [1.807, 2.05) is 48.5 Å². The quantitative estimate of drug-likeness (QED) is 0.516. The zero-order valence-electron chi connectivity index (χ0n) is 18.3. The molecule has 3 rings (SSSR count). The number of esters is 2. The molecule has 168 valence electrons. The summed E-state index contributed by atoms with van der Waals surface area (Å²) in [6.45, 7) is -0.632. The number of H-pyrrole nitrogens is 1. The van der Waals surface area contributed by atoms with E-state index in [-0.39, 0.29) is 25.4 Å². The van der Waals surface area contributed by atoms with Crippen LogP contribution < -0.4 is 4.74 Å². The van der Waals surface area contributed by atoms with Crippen molar-refractivity contribution in [2.75, 3.05) is 34.4 Å². The molecule has 0 unspecified atom stereocenters. The van der Waals surface area contributed by atoms with Crippen LogP contribution >= 0.6 is 0 Å². The van der Waals surface area contributed by atoms with Crippen LogP contribution in [0.15, 0.2) is 48.5 Å². The number of aromatic nitrogens is 1. The number of carbonyl (C=O) groups is 3. The fourth-order valence-corrected chi connectivity index (χ4v) is 3.53. The number of amides is 1. The van der Waals surface area contributed by atoms with Gasteiger partial charge in [0.1, 0.15) is 18.8 Å². The minimum atomic E-state index is -0.603. The summed E-state index contributed by atoms with van der Waals surface area (Å²) in [4.78, 5) is 40.9. The molecular weight excluding hydrogens is 412 g/mol. The number of hydrogen-bond donors (Lipinski definition) is 1. The van der Waals surface area contributed by atoms with E-state index in [1.54, 1.807) is 7.11 Å². The molecule has 1 heterocycles. The second kappa shape index (κ2) is 10.5. The number of aromatic amines is 1. The summed E-state index contributed by atoms with van der Waals surface area (Å²) >= 11 is 0. The predicted molar refractivity (Wildman–Crippen MR) is 119 cm³/mol. The molecule has 0 saturated carbocycles. The van der Waals surface area contributed by atoms with Gasteiger partial charge in [-0.3, -0.25) is 14.4 Å². The number of carbonyl (C=O) groups excluding carboxylic acids is 3.